The smallest absolute Gasteiger partial charge is 0.175 e. The molecule has 3 heteroatoms. The van der Waals surface area contributed by atoms with Gasteiger partial charge in [0.2, 0.25) is 0 Å². The lowest BCUT2D eigenvalue weighted by atomic mass is 10.0. The van der Waals surface area contributed by atoms with Crippen molar-refractivity contribution in [1.82, 2.24) is 0 Å². The molecule has 0 radical (unpaired) electrons. The second-order valence-corrected chi connectivity index (χ2v) is 6.50. The molecule has 0 heterocycles. The van der Waals surface area contributed by atoms with Crippen molar-refractivity contribution >= 4 is 16.6 Å². The molecule has 0 fully saturated rings. The zero-order valence-corrected chi connectivity index (χ0v) is 12.8. The van der Waals surface area contributed by atoms with Crippen LogP contribution >= 0.6 is 0 Å². The highest BCUT2D eigenvalue weighted by atomic mass is 32.2. The van der Waals surface area contributed by atoms with Crippen molar-refractivity contribution in [2.45, 2.75) is 25.7 Å². The standard InChI is InChI=1S/C17H18O2S/c1-12-5-4-6-15(10-12)20(19)11-17(18)16-8-7-13(2)9-14(16)3/h4-10H,11H2,1-3H3. The van der Waals surface area contributed by atoms with E-state index in [1.165, 1.54) is 0 Å². The average molecular weight is 286 g/mol. The number of hydrogen-bond acceptors (Lipinski definition) is 2. The van der Waals surface area contributed by atoms with Crippen LogP contribution in [0.4, 0.5) is 0 Å². The quantitative estimate of drug-likeness (QED) is 0.805. The van der Waals surface area contributed by atoms with Crippen LogP contribution in [0.5, 0.6) is 0 Å². The molecular weight excluding hydrogens is 268 g/mol. The Morgan fingerprint density at radius 2 is 1.70 bits per heavy atom. The van der Waals surface area contributed by atoms with Crippen LogP contribution in [0, 0.1) is 20.8 Å². The Labute approximate surface area is 122 Å². The summed E-state index contributed by atoms with van der Waals surface area (Å²) in [6.45, 7) is 5.86. The Bertz CT molecular complexity index is 674. The molecule has 1 atom stereocenters. The summed E-state index contributed by atoms with van der Waals surface area (Å²) in [7, 11) is -1.29. The molecule has 1 unspecified atom stereocenters. The highest BCUT2D eigenvalue weighted by molar-refractivity contribution is 7.85. The van der Waals surface area contributed by atoms with E-state index in [4.69, 9.17) is 0 Å². The average Bonchev–Trinajstić information content (AvgIpc) is 2.38. The molecule has 0 aromatic heterocycles. The second-order valence-electron chi connectivity index (χ2n) is 5.05. The summed E-state index contributed by atoms with van der Waals surface area (Å²) in [5.74, 6) is -0.0322. The van der Waals surface area contributed by atoms with Crippen molar-refractivity contribution in [3.05, 3.63) is 64.7 Å². The fraction of sp³-hybridized carbons (Fsp3) is 0.235. The van der Waals surface area contributed by atoms with Gasteiger partial charge in [-0.25, -0.2) is 0 Å². The van der Waals surface area contributed by atoms with E-state index in [1.807, 2.05) is 57.2 Å². The fourth-order valence-electron chi connectivity index (χ4n) is 2.16. The highest BCUT2D eigenvalue weighted by Crippen LogP contribution is 2.14. The van der Waals surface area contributed by atoms with Gasteiger partial charge in [-0.1, -0.05) is 35.9 Å². The van der Waals surface area contributed by atoms with Crippen molar-refractivity contribution in [1.29, 1.82) is 0 Å². The monoisotopic (exact) mass is 286 g/mol. The molecule has 0 amide bonds. The van der Waals surface area contributed by atoms with Crippen molar-refractivity contribution in [3.63, 3.8) is 0 Å². The number of rotatable bonds is 4. The molecule has 104 valence electrons. The molecule has 2 aromatic rings. The van der Waals surface area contributed by atoms with Crippen LogP contribution in [-0.2, 0) is 10.8 Å². The molecule has 2 rings (SSSR count). The van der Waals surface area contributed by atoms with E-state index < -0.39 is 10.8 Å². The van der Waals surface area contributed by atoms with E-state index in [0.29, 0.717) is 10.5 Å². The summed E-state index contributed by atoms with van der Waals surface area (Å²) in [5, 5.41) is 0. The third-order valence-electron chi connectivity index (χ3n) is 3.20. The molecule has 0 saturated carbocycles. The number of aryl methyl sites for hydroxylation is 3. The van der Waals surface area contributed by atoms with Crippen LogP contribution in [-0.4, -0.2) is 15.7 Å². The molecule has 0 spiro atoms. The van der Waals surface area contributed by atoms with E-state index in [1.54, 1.807) is 6.07 Å². The van der Waals surface area contributed by atoms with E-state index in [9.17, 15) is 9.00 Å². The number of carbonyl (C=O) groups is 1. The summed E-state index contributed by atoms with van der Waals surface area (Å²) in [4.78, 5) is 13.0. The van der Waals surface area contributed by atoms with Crippen LogP contribution in [0.25, 0.3) is 0 Å². The van der Waals surface area contributed by atoms with Gasteiger partial charge in [0.1, 0.15) is 0 Å². The summed E-state index contributed by atoms with van der Waals surface area (Å²) < 4.78 is 12.2. The minimum atomic E-state index is -1.29. The summed E-state index contributed by atoms with van der Waals surface area (Å²) in [6, 6.07) is 13.2. The normalized spacial score (nSPS) is 12.2. The summed E-state index contributed by atoms with van der Waals surface area (Å²) >= 11 is 0. The maximum absolute atomic E-state index is 12.3. The molecule has 2 nitrogen and oxygen atoms in total. The molecule has 0 aliphatic rings. The lowest BCUT2D eigenvalue weighted by Gasteiger charge is -2.07. The van der Waals surface area contributed by atoms with Crippen LogP contribution < -0.4 is 0 Å². The van der Waals surface area contributed by atoms with Gasteiger partial charge < -0.3 is 0 Å². The Morgan fingerprint density at radius 1 is 1.00 bits per heavy atom. The van der Waals surface area contributed by atoms with E-state index in [-0.39, 0.29) is 11.5 Å². The van der Waals surface area contributed by atoms with Gasteiger partial charge in [0, 0.05) is 10.5 Å². The predicted molar refractivity (Wildman–Crippen MR) is 82.7 cm³/mol. The minimum Gasteiger partial charge on any atom is -0.293 e. The van der Waals surface area contributed by atoms with Crippen molar-refractivity contribution in [2.24, 2.45) is 0 Å². The SMILES string of the molecule is Cc1cccc(S(=O)CC(=O)c2ccc(C)cc2C)c1. The maximum atomic E-state index is 12.3. The number of carbonyl (C=O) groups excluding carboxylic acids is 1. The first-order valence-electron chi connectivity index (χ1n) is 6.53. The van der Waals surface area contributed by atoms with Gasteiger partial charge >= 0.3 is 0 Å². The molecule has 0 saturated heterocycles. The van der Waals surface area contributed by atoms with Gasteiger partial charge in [0.25, 0.3) is 0 Å². The van der Waals surface area contributed by atoms with Gasteiger partial charge in [-0.2, -0.15) is 0 Å². The number of Topliss-reactive ketones (excluding diaryl/α,β-unsaturated/α-hetero) is 1. The van der Waals surface area contributed by atoms with Crippen LogP contribution in [0.3, 0.4) is 0 Å². The topological polar surface area (TPSA) is 34.1 Å². The lowest BCUT2D eigenvalue weighted by molar-refractivity contribution is 0.102. The molecule has 2 aromatic carbocycles. The first-order valence-corrected chi connectivity index (χ1v) is 7.85. The first-order chi connectivity index (χ1) is 9.47. The molecule has 0 bridgehead atoms. The van der Waals surface area contributed by atoms with Crippen molar-refractivity contribution in [3.8, 4) is 0 Å². The maximum Gasteiger partial charge on any atom is 0.175 e. The Kier molecular flexibility index (Phi) is 4.50. The zero-order chi connectivity index (χ0) is 14.7. The Morgan fingerprint density at radius 3 is 2.35 bits per heavy atom. The van der Waals surface area contributed by atoms with Gasteiger partial charge in [-0.15, -0.1) is 0 Å². The van der Waals surface area contributed by atoms with Gasteiger partial charge in [-0.3, -0.25) is 9.00 Å². The third kappa shape index (κ3) is 3.42. The number of hydrogen-bond donors (Lipinski definition) is 0. The van der Waals surface area contributed by atoms with E-state index in [0.717, 1.165) is 16.7 Å². The highest BCUT2D eigenvalue weighted by Gasteiger charge is 2.14. The van der Waals surface area contributed by atoms with Crippen molar-refractivity contribution in [2.75, 3.05) is 5.75 Å². The predicted octanol–water partition coefficient (Wildman–Crippen LogP) is 3.60. The second kappa shape index (κ2) is 6.14. The van der Waals surface area contributed by atoms with Crippen molar-refractivity contribution < 1.29 is 9.00 Å². The Hall–Kier alpha value is -1.74. The number of ketones is 1. The summed E-state index contributed by atoms with van der Waals surface area (Å²) in [6.07, 6.45) is 0. The largest absolute Gasteiger partial charge is 0.293 e. The molecule has 0 N–H and O–H groups in total. The number of benzene rings is 2. The molecule has 0 aliphatic heterocycles. The van der Waals surface area contributed by atoms with Gasteiger partial charge in [-0.05, 0) is 44.0 Å². The first kappa shape index (κ1) is 14.7. The Balaban J connectivity index is 2.17. The van der Waals surface area contributed by atoms with Crippen LogP contribution in [0.2, 0.25) is 0 Å². The minimum absolute atomic E-state index is 0.0351. The summed E-state index contributed by atoms with van der Waals surface area (Å²) in [5.41, 5.74) is 3.78. The molecule has 0 aliphatic carbocycles. The zero-order valence-electron chi connectivity index (χ0n) is 12.0. The molecule has 20 heavy (non-hydrogen) atoms. The van der Waals surface area contributed by atoms with Gasteiger partial charge in [0.05, 0.1) is 16.6 Å². The van der Waals surface area contributed by atoms with E-state index >= 15 is 0 Å². The molecular formula is C17H18O2S. The lowest BCUT2D eigenvalue weighted by Crippen LogP contribution is -2.12. The van der Waals surface area contributed by atoms with E-state index in [2.05, 4.69) is 0 Å². The fourth-order valence-corrected chi connectivity index (χ4v) is 3.27. The van der Waals surface area contributed by atoms with Crippen LogP contribution in [0.15, 0.2) is 47.4 Å². The van der Waals surface area contributed by atoms with Crippen LogP contribution in [0.1, 0.15) is 27.0 Å². The third-order valence-corrected chi connectivity index (χ3v) is 4.50. The van der Waals surface area contributed by atoms with Gasteiger partial charge in [0.15, 0.2) is 5.78 Å².